The van der Waals surface area contributed by atoms with Gasteiger partial charge in [0, 0.05) is 19.2 Å². The third kappa shape index (κ3) is 6.73. The molecule has 0 unspecified atom stereocenters. The van der Waals surface area contributed by atoms with Gasteiger partial charge in [-0.3, -0.25) is 0 Å². The average molecular weight is 374 g/mol. The average Bonchev–Trinajstić information content (AvgIpc) is 2.98. The molecule has 0 fully saturated rings. The number of fused-ring (bicyclic) bond motifs is 1. The zero-order chi connectivity index (χ0) is 19.9. The molecule has 0 spiro atoms. The zero-order valence-electron chi connectivity index (χ0n) is 16.2. The van der Waals surface area contributed by atoms with Crippen LogP contribution in [0.15, 0.2) is 24.3 Å². The zero-order valence-corrected chi connectivity index (χ0v) is 16.2. The highest BCUT2D eigenvalue weighted by Crippen LogP contribution is 2.15. The molecule has 1 aromatic heterocycles. The Balaban J connectivity index is 1.89. The van der Waals surface area contributed by atoms with Crippen molar-refractivity contribution in [3.63, 3.8) is 0 Å². The van der Waals surface area contributed by atoms with Crippen LogP contribution in [0.2, 0.25) is 0 Å². The topological polar surface area (TPSA) is 95.3 Å². The van der Waals surface area contributed by atoms with Gasteiger partial charge in [0.15, 0.2) is 0 Å². The number of hydrogen-bond acceptors (Lipinski definition) is 6. The first-order valence-corrected chi connectivity index (χ1v) is 8.93. The fourth-order valence-corrected chi connectivity index (χ4v) is 2.35. The summed E-state index contributed by atoms with van der Waals surface area (Å²) in [7, 11) is 0. The molecule has 146 valence electrons. The highest BCUT2D eigenvalue weighted by atomic mass is 16.6. The first kappa shape index (κ1) is 20.4. The van der Waals surface area contributed by atoms with E-state index in [1.165, 1.54) is 6.08 Å². The number of amides is 1. The first-order chi connectivity index (χ1) is 12.8. The van der Waals surface area contributed by atoms with Gasteiger partial charge in [0.05, 0.1) is 12.1 Å². The van der Waals surface area contributed by atoms with E-state index in [0.717, 1.165) is 16.6 Å². The summed E-state index contributed by atoms with van der Waals surface area (Å²) in [5.74, 6) is -0.376. The summed E-state index contributed by atoms with van der Waals surface area (Å²) in [5, 5.41) is 11.0. The first-order valence-electron chi connectivity index (χ1n) is 8.93. The van der Waals surface area contributed by atoms with Gasteiger partial charge in [0.2, 0.25) is 0 Å². The highest BCUT2D eigenvalue weighted by molar-refractivity contribution is 5.88. The second-order valence-electron chi connectivity index (χ2n) is 6.93. The predicted molar refractivity (Wildman–Crippen MR) is 102 cm³/mol. The fourth-order valence-electron chi connectivity index (χ4n) is 2.35. The number of nitrogens with one attached hydrogen (secondary N) is 1. The minimum absolute atomic E-state index is 0.347. The Morgan fingerprint density at radius 3 is 2.78 bits per heavy atom. The van der Waals surface area contributed by atoms with Crippen LogP contribution in [0.3, 0.4) is 0 Å². The number of ether oxygens (including phenoxy) is 2. The summed E-state index contributed by atoms with van der Waals surface area (Å²) in [6.45, 7) is 8.68. The standard InChI is InChI=1S/C19H26N4O4/c1-5-26-17(24)10-8-14-7-9-16-15(13-14)21-22-23(16)12-6-11-20-18(25)27-19(2,3)4/h7-10,13H,5-6,11-12H2,1-4H3,(H,20,25)/b10-8+. The maximum Gasteiger partial charge on any atom is 0.407 e. The maximum absolute atomic E-state index is 11.6. The van der Waals surface area contributed by atoms with E-state index >= 15 is 0 Å². The lowest BCUT2D eigenvalue weighted by molar-refractivity contribution is -0.137. The maximum atomic E-state index is 11.6. The quantitative estimate of drug-likeness (QED) is 0.455. The van der Waals surface area contributed by atoms with Gasteiger partial charge in [0.1, 0.15) is 11.1 Å². The van der Waals surface area contributed by atoms with Crippen molar-refractivity contribution < 1.29 is 19.1 Å². The lowest BCUT2D eigenvalue weighted by atomic mass is 10.2. The molecule has 8 heteroatoms. The van der Waals surface area contributed by atoms with Crippen LogP contribution in [0.1, 0.15) is 39.7 Å². The summed E-state index contributed by atoms with van der Waals surface area (Å²) < 4.78 is 11.8. The minimum atomic E-state index is -0.508. The number of aryl methyl sites for hydroxylation is 1. The van der Waals surface area contributed by atoms with E-state index in [4.69, 9.17) is 9.47 Å². The second kappa shape index (κ2) is 9.16. The third-order valence-corrected chi connectivity index (χ3v) is 3.45. The number of alkyl carbamates (subject to hydrolysis) is 1. The predicted octanol–water partition coefficient (Wildman–Crippen LogP) is 2.92. The second-order valence-corrected chi connectivity index (χ2v) is 6.93. The van der Waals surface area contributed by atoms with Crippen LogP contribution in [0, 0.1) is 0 Å². The van der Waals surface area contributed by atoms with E-state index in [2.05, 4.69) is 15.6 Å². The molecule has 0 saturated carbocycles. The van der Waals surface area contributed by atoms with Crippen LogP contribution in [0.25, 0.3) is 17.1 Å². The largest absolute Gasteiger partial charge is 0.463 e. The van der Waals surface area contributed by atoms with Gasteiger partial charge in [-0.05, 0) is 57.9 Å². The summed E-state index contributed by atoms with van der Waals surface area (Å²) in [6, 6.07) is 5.64. The van der Waals surface area contributed by atoms with Gasteiger partial charge < -0.3 is 14.8 Å². The Hall–Kier alpha value is -2.90. The van der Waals surface area contributed by atoms with Crippen molar-refractivity contribution in [2.75, 3.05) is 13.2 Å². The van der Waals surface area contributed by atoms with E-state index in [1.807, 2.05) is 39.0 Å². The number of carbonyl (C=O) groups is 2. The molecule has 0 aliphatic heterocycles. The minimum Gasteiger partial charge on any atom is -0.463 e. The molecule has 27 heavy (non-hydrogen) atoms. The Morgan fingerprint density at radius 1 is 1.30 bits per heavy atom. The molecule has 0 aliphatic rings. The van der Waals surface area contributed by atoms with Gasteiger partial charge in [0.25, 0.3) is 0 Å². The summed E-state index contributed by atoms with van der Waals surface area (Å²) in [5.41, 5.74) is 1.96. The summed E-state index contributed by atoms with van der Waals surface area (Å²) in [6.07, 6.45) is 3.34. The normalized spacial score (nSPS) is 11.7. The Kier molecular flexibility index (Phi) is 6.92. The highest BCUT2D eigenvalue weighted by Gasteiger charge is 2.15. The van der Waals surface area contributed by atoms with E-state index in [1.54, 1.807) is 17.7 Å². The Morgan fingerprint density at radius 2 is 2.07 bits per heavy atom. The van der Waals surface area contributed by atoms with E-state index in [9.17, 15) is 9.59 Å². The van der Waals surface area contributed by atoms with Gasteiger partial charge in [-0.15, -0.1) is 5.10 Å². The van der Waals surface area contributed by atoms with Gasteiger partial charge in [-0.1, -0.05) is 11.3 Å². The molecule has 0 bridgehead atoms. The van der Waals surface area contributed by atoms with Crippen LogP contribution in [-0.4, -0.2) is 45.8 Å². The molecule has 8 nitrogen and oxygen atoms in total. The van der Waals surface area contributed by atoms with Crippen LogP contribution in [-0.2, 0) is 20.8 Å². The van der Waals surface area contributed by atoms with Crippen molar-refractivity contribution in [1.29, 1.82) is 0 Å². The number of aromatic nitrogens is 3. The molecule has 0 aliphatic carbocycles. The number of hydrogen-bond donors (Lipinski definition) is 1. The molecule has 1 aromatic carbocycles. The van der Waals surface area contributed by atoms with Crippen LogP contribution >= 0.6 is 0 Å². The third-order valence-electron chi connectivity index (χ3n) is 3.45. The Labute approximate surface area is 158 Å². The van der Waals surface area contributed by atoms with Crippen molar-refractivity contribution in [3.05, 3.63) is 29.8 Å². The molecule has 1 amide bonds. The molecular formula is C19H26N4O4. The lowest BCUT2D eigenvalue weighted by Gasteiger charge is -2.19. The van der Waals surface area contributed by atoms with E-state index in [0.29, 0.717) is 26.1 Å². The van der Waals surface area contributed by atoms with Crippen LogP contribution in [0.4, 0.5) is 4.79 Å². The summed E-state index contributed by atoms with van der Waals surface area (Å²) >= 11 is 0. The number of carbonyl (C=O) groups excluding carboxylic acids is 2. The molecular weight excluding hydrogens is 348 g/mol. The smallest absolute Gasteiger partial charge is 0.407 e. The summed E-state index contributed by atoms with van der Waals surface area (Å²) in [4.78, 5) is 23.0. The van der Waals surface area contributed by atoms with Crippen molar-refractivity contribution >= 4 is 29.2 Å². The van der Waals surface area contributed by atoms with Crippen molar-refractivity contribution in [3.8, 4) is 0 Å². The molecule has 1 heterocycles. The number of benzene rings is 1. The van der Waals surface area contributed by atoms with Gasteiger partial charge in [-0.2, -0.15) is 0 Å². The van der Waals surface area contributed by atoms with Crippen LogP contribution in [0.5, 0.6) is 0 Å². The molecule has 0 saturated heterocycles. The molecule has 0 atom stereocenters. The fraction of sp³-hybridized carbons (Fsp3) is 0.474. The van der Waals surface area contributed by atoms with Gasteiger partial charge in [-0.25, -0.2) is 14.3 Å². The SMILES string of the molecule is CCOC(=O)/C=C/c1ccc2c(c1)nnn2CCCNC(=O)OC(C)(C)C. The van der Waals surface area contributed by atoms with Crippen molar-refractivity contribution in [2.24, 2.45) is 0 Å². The molecule has 2 aromatic rings. The Bertz CT molecular complexity index is 821. The molecule has 1 N–H and O–H groups in total. The number of rotatable bonds is 7. The number of nitrogens with zero attached hydrogens (tertiary/aromatic N) is 3. The molecule has 0 radical (unpaired) electrons. The van der Waals surface area contributed by atoms with E-state index < -0.39 is 11.7 Å². The lowest BCUT2D eigenvalue weighted by Crippen LogP contribution is -2.33. The number of esters is 1. The van der Waals surface area contributed by atoms with E-state index in [-0.39, 0.29) is 5.97 Å². The van der Waals surface area contributed by atoms with Crippen molar-refractivity contribution in [1.82, 2.24) is 20.3 Å². The molecule has 2 rings (SSSR count). The van der Waals surface area contributed by atoms with Crippen molar-refractivity contribution in [2.45, 2.75) is 46.3 Å². The van der Waals surface area contributed by atoms with Gasteiger partial charge >= 0.3 is 12.1 Å². The van der Waals surface area contributed by atoms with Crippen LogP contribution < -0.4 is 5.32 Å². The monoisotopic (exact) mass is 374 g/mol.